The number of carbonyl (C=O) groups is 1. The van der Waals surface area contributed by atoms with Crippen molar-refractivity contribution >= 4 is 13.8 Å². The fraction of sp³-hybridized carbons (Fsp3) is 0.100. The van der Waals surface area contributed by atoms with E-state index in [9.17, 15) is 14.3 Å². The minimum Gasteiger partial charge on any atom is -0.475 e. The zero-order chi connectivity index (χ0) is 12.9. The largest absolute Gasteiger partial charge is 0.527 e. The standard InChI is InChI=1S/C10H11O6P/c1-8(10(11)12)16-17(13,14)15-7-9-5-3-2-4-6-9/h2-6H,1,7H2,(H,11,12)(H,13,14). The normalized spacial score (nSPS) is 13.7. The van der Waals surface area contributed by atoms with Crippen LogP contribution in [0.3, 0.4) is 0 Å². The molecular weight excluding hydrogens is 247 g/mol. The zero-order valence-electron chi connectivity index (χ0n) is 8.78. The fourth-order valence-electron chi connectivity index (χ4n) is 0.935. The fourth-order valence-corrected chi connectivity index (χ4v) is 1.66. The third kappa shape index (κ3) is 4.82. The van der Waals surface area contributed by atoms with Crippen molar-refractivity contribution in [2.24, 2.45) is 0 Å². The number of phosphoric acid groups is 1. The van der Waals surface area contributed by atoms with Gasteiger partial charge in [-0.15, -0.1) is 0 Å². The van der Waals surface area contributed by atoms with E-state index in [-0.39, 0.29) is 6.61 Å². The van der Waals surface area contributed by atoms with E-state index in [2.05, 4.69) is 15.6 Å². The van der Waals surface area contributed by atoms with Crippen LogP contribution >= 0.6 is 7.82 Å². The van der Waals surface area contributed by atoms with E-state index >= 15 is 0 Å². The Morgan fingerprint density at radius 1 is 1.35 bits per heavy atom. The number of benzene rings is 1. The van der Waals surface area contributed by atoms with Crippen molar-refractivity contribution in [3.05, 3.63) is 48.2 Å². The second kappa shape index (κ2) is 5.63. The summed E-state index contributed by atoms with van der Waals surface area (Å²) in [5, 5.41) is 8.42. The lowest BCUT2D eigenvalue weighted by Crippen LogP contribution is -2.03. The number of hydrogen-bond acceptors (Lipinski definition) is 4. The predicted octanol–water partition coefficient (Wildman–Crippen LogP) is 1.92. The number of carboxylic acids is 1. The van der Waals surface area contributed by atoms with Crippen LogP contribution in [-0.4, -0.2) is 16.0 Å². The lowest BCUT2D eigenvalue weighted by Gasteiger charge is -2.12. The molecule has 1 aromatic rings. The molecule has 0 saturated heterocycles. The number of phosphoric ester groups is 1. The minimum absolute atomic E-state index is 0.165. The molecule has 0 bridgehead atoms. The van der Waals surface area contributed by atoms with Crippen molar-refractivity contribution < 1.29 is 28.4 Å². The lowest BCUT2D eigenvalue weighted by molar-refractivity contribution is -0.135. The molecule has 92 valence electrons. The first kappa shape index (κ1) is 13.4. The zero-order valence-corrected chi connectivity index (χ0v) is 9.67. The highest BCUT2D eigenvalue weighted by Gasteiger charge is 2.25. The van der Waals surface area contributed by atoms with Crippen LogP contribution in [0.2, 0.25) is 0 Å². The molecule has 0 aliphatic rings. The first-order valence-corrected chi connectivity index (χ1v) is 6.03. The molecule has 0 radical (unpaired) electrons. The molecule has 0 spiro atoms. The number of rotatable bonds is 6. The molecule has 2 N–H and O–H groups in total. The molecule has 17 heavy (non-hydrogen) atoms. The molecule has 7 heteroatoms. The maximum absolute atomic E-state index is 11.3. The quantitative estimate of drug-likeness (QED) is 0.460. The van der Waals surface area contributed by atoms with Gasteiger partial charge in [0.25, 0.3) is 0 Å². The highest BCUT2D eigenvalue weighted by Crippen LogP contribution is 2.46. The summed E-state index contributed by atoms with van der Waals surface area (Å²) < 4.78 is 20.1. The summed E-state index contributed by atoms with van der Waals surface area (Å²) in [5.74, 6) is -2.37. The number of hydrogen-bond donors (Lipinski definition) is 2. The molecule has 1 aromatic carbocycles. The third-order valence-corrected chi connectivity index (χ3v) is 2.61. The van der Waals surface area contributed by atoms with Crippen LogP contribution in [0.25, 0.3) is 0 Å². The second-order valence-electron chi connectivity index (χ2n) is 3.05. The van der Waals surface area contributed by atoms with Gasteiger partial charge in [0.05, 0.1) is 6.61 Å². The van der Waals surface area contributed by atoms with Crippen molar-refractivity contribution in [3.63, 3.8) is 0 Å². The molecule has 0 saturated carbocycles. The first-order chi connectivity index (χ1) is 7.91. The van der Waals surface area contributed by atoms with E-state index in [4.69, 9.17) is 5.11 Å². The van der Waals surface area contributed by atoms with Crippen molar-refractivity contribution in [1.82, 2.24) is 0 Å². The molecule has 6 nitrogen and oxygen atoms in total. The molecule has 0 aliphatic carbocycles. The molecule has 0 aromatic heterocycles. The minimum atomic E-state index is -4.45. The van der Waals surface area contributed by atoms with Crippen LogP contribution in [0.4, 0.5) is 0 Å². The van der Waals surface area contributed by atoms with E-state index in [0.29, 0.717) is 5.56 Å². The van der Waals surface area contributed by atoms with Gasteiger partial charge in [-0.2, -0.15) is 0 Å². The van der Waals surface area contributed by atoms with Gasteiger partial charge in [0.2, 0.25) is 5.76 Å². The lowest BCUT2D eigenvalue weighted by atomic mass is 10.2. The molecule has 0 amide bonds. The van der Waals surface area contributed by atoms with Gasteiger partial charge in [-0.05, 0) is 12.1 Å². The van der Waals surface area contributed by atoms with Crippen molar-refractivity contribution in [2.75, 3.05) is 0 Å². The molecule has 0 aliphatic heterocycles. The summed E-state index contributed by atoms with van der Waals surface area (Å²) in [5.41, 5.74) is 0.659. The smallest absolute Gasteiger partial charge is 0.475 e. The Balaban J connectivity index is 2.53. The van der Waals surface area contributed by atoms with Gasteiger partial charge in [-0.3, -0.25) is 9.42 Å². The Hall–Kier alpha value is -1.62. The summed E-state index contributed by atoms with van der Waals surface area (Å²) >= 11 is 0. The topological polar surface area (TPSA) is 93.1 Å². The third-order valence-electron chi connectivity index (χ3n) is 1.70. The van der Waals surface area contributed by atoms with Crippen molar-refractivity contribution in [2.45, 2.75) is 6.61 Å². The summed E-state index contributed by atoms with van der Waals surface area (Å²) in [6, 6.07) is 8.62. The highest BCUT2D eigenvalue weighted by molar-refractivity contribution is 7.47. The predicted molar refractivity (Wildman–Crippen MR) is 58.9 cm³/mol. The maximum Gasteiger partial charge on any atom is 0.527 e. The van der Waals surface area contributed by atoms with Gasteiger partial charge in [0.15, 0.2) is 0 Å². The summed E-state index contributed by atoms with van der Waals surface area (Å²) in [4.78, 5) is 19.5. The summed E-state index contributed by atoms with van der Waals surface area (Å²) in [6.07, 6.45) is 0. The van der Waals surface area contributed by atoms with E-state index < -0.39 is 19.6 Å². The molecule has 1 unspecified atom stereocenters. The SMILES string of the molecule is C=C(OP(=O)(O)OCc1ccccc1)C(=O)O. The van der Waals surface area contributed by atoms with Crippen molar-refractivity contribution in [3.8, 4) is 0 Å². The first-order valence-electron chi connectivity index (χ1n) is 4.54. The van der Waals surface area contributed by atoms with E-state index in [1.54, 1.807) is 30.3 Å². The molecular formula is C10H11O6P. The monoisotopic (exact) mass is 258 g/mol. The van der Waals surface area contributed by atoms with Gasteiger partial charge in [0, 0.05) is 0 Å². The van der Waals surface area contributed by atoms with Gasteiger partial charge >= 0.3 is 13.8 Å². The van der Waals surface area contributed by atoms with E-state index in [1.165, 1.54) is 0 Å². The van der Waals surface area contributed by atoms with Gasteiger partial charge in [-0.25, -0.2) is 9.36 Å². The van der Waals surface area contributed by atoms with Gasteiger partial charge in [0.1, 0.15) is 0 Å². The summed E-state index contributed by atoms with van der Waals surface area (Å²) in [7, 11) is -4.45. The van der Waals surface area contributed by atoms with Crippen LogP contribution in [0.1, 0.15) is 5.56 Å². The number of aliphatic carboxylic acids is 1. The Morgan fingerprint density at radius 3 is 2.47 bits per heavy atom. The highest BCUT2D eigenvalue weighted by atomic mass is 31.2. The van der Waals surface area contributed by atoms with Crippen molar-refractivity contribution in [1.29, 1.82) is 0 Å². The van der Waals surface area contributed by atoms with Crippen LogP contribution in [0, 0.1) is 0 Å². The average molecular weight is 258 g/mol. The summed E-state index contributed by atoms with van der Waals surface area (Å²) in [6.45, 7) is 2.80. The Labute approximate surface area is 97.7 Å². The van der Waals surface area contributed by atoms with Gasteiger partial charge in [-0.1, -0.05) is 30.3 Å². The molecule has 0 fully saturated rings. The van der Waals surface area contributed by atoms with E-state index in [0.717, 1.165) is 0 Å². The van der Waals surface area contributed by atoms with E-state index in [1.807, 2.05) is 0 Å². The Morgan fingerprint density at radius 2 is 1.94 bits per heavy atom. The van der Waals surface area contributed by atoms with Gasteiger partial charge < -0.3 is 9.63 Å². The van der Waals surface area contributed by atoms with Crippen LogP contribution < -0.4 is 0 Å². The molecule has 0 heterocycles. The maximum atomic E-state index is 11.3. The average Bonchev–Trinajstić information content (AvgIpc) is 2.27. The van der Waals surface area contributed by atoms with Crippen LogP contribution in [-0.2, 0) is 25.0 Å². The Kier molecular flexibility index (Phi) is 4.45. The number of carboxylic acid groups (broad SMARTS) is 1. The Bertz CT molecular complexity index is 455. The second-order valence-corrected chi connectivity index (χ2v) is 4.43. The molecule has 1 atom stereocenters. The molecule has 1 rings (SSSR count). The van der Waals surface area contributed by atoms with Crippen LogP contribution in [0.15, 0.2) is 42.7 Å². The van der Waals surface area contributed by atoms with Crippen LogP contribution in [0.5, 0.6) is 0 Å².